The first-order valence-electron chi connectivity index (χ1n) is 6.31. The fraction of sp³-hybridized carbons (Fsp3) is 0.462. The normalized spacial score (nSPS) is 19.9. The fourth-order valence-corrected chi connectivity index (χ4v) is 3.03. The van der Waals surface area contributed by atoms with Gasteiger partial charge in [-0.25, -0.2) is 8.42 Å². The maximum absolute atomic E-state index is 12.5. The van der Waals surface area contributed by atoms with Gasteiger partial charge in [0.15, 0.2) is 9.84 Å². The number of amides is 1. The van der Waals surface area contributed by atoms with E-state index >= 15 is 0 Å². The minimum absolute atomic E-state index is 0.105. The molecular formula is C13H17ClN2O3S. The van der Waals surface area contributed by atoms with Crippen LogP contribution in [0.1, 0.15) is 17.3 Å². The number of nitrogens with zero attached hydrogens (tertiary/aromatic N) is 1. The zero-order valence-electron chi connectivity index (χ0n) is 11.4. The molecule has 0 spiro atoms. The number of hydrogen-bond acceptors (Lipinski definition) is 4. The predicted molar refractivity (Wildman–Crippen MR) is 77.9 cm³/mol. The minimum Gasteiger partial charge on any atom is -0.336 e. The summed E-state index contributed by atoms with van der Waals surface area (Å²) >= 11 is 6.04. The molecule has 5 nitrogen and oxygen atoms in total. The van der Waals surface area contributed by atoms with E-state index in [-0.39, 0.29) is 27.4 Å². The SMILES string of the molecule is CC1CN(C(=O)c2cc(S(C)(=O)=O)ccc2Cl)CCN1. The highest BCUT2D eigenvalue weighted by Gasteiger charge is 2.24. The highest BCUT2D eigenvalue weighted by Crippen LogP contribution is 2.22. The van der Waals surface area contributed by atoms with Crippen LogP contribution in [0, 0.1) is 0 Å². The van der Waals surface area contributed by atoms with Crippen molar-refractivity contribution in [1.82, 2.24) is 10.2 Å². The molecule has 0 bridgehead atoms. The first-order chi connectivity index (χ1) is 9.29. The molecule has 2 rings (SSSR count). The number of carbonyl (C=O) groups is 1. The maximum Gasteiger partial charge on any atom is 0.255 e. The van der Waals surface area contributed by atoms with E-state index < -0.39 is 9.84 Å². The molecule has 1 fully saturated rings. The van der Waals surface area contributed by atoms with E-state index in [1.165, 1.54) is 18.2 Å². The average molecular weight is 317 g/mol. The Balaban J connectivity index is 2.34. The Labute approximate surface area is 123 Å². The van der Waals surface area contributed by atoms with Crippen molar-refractivity contribution in [1.29, 1.82) is 0 Å². The molecule has 0 aliphatic carbocycles. The van der Waals surface area contributed by atoms with Gasteiger partial charge in [0, 0.05) is 31.9 Å². The van der Waals surface area contributed by atoms with Crippen LogP contribution in [-0.4, -0.2) is 51.2 Å². The number of benzene rings is 1. The standard InChI is InChI=1S/C13H17ClN2O3S/c1-9-8-16(6-5-15-9)13(17)11-7-10(20(2,18)19)3-4-12(11)14/h3-4,7,9,15H,5-6,8H2,1-2H3. The van der Waals surface area contributed by atoms with Crippen molar-refractivity contribution in [2.75, 3.05) is 25.9 Å². The Hall–Kier alpha value is -1.11. The lowest BCUT2D eigenvalue weighted by Gasteiger charge is -2.32. The Morgan fingerprint density at radius 1 is 1.45 bits per heavy atom. The van der Waals surface area contributed by atoms with Crippen LogP contribution in [0.2, 0.25) is 5.02 Å². The average Bonchev–Trinajstić information content (AvgIpc) is 2.37. The molecule has 1 N–H and O–H groups in total. The monoisotopic (exact) mass is 316 g/mol. The number of hydrogen-bond donors (Lipinski definition) is 1. The van der Waals surface area contributed by atoms with Crippen LogP contribution in [0.25, 0.3) is 0 Å². The number of rotatable bonds is 2. The van der Waals surface area contributed by atoms with E-state index in [1.54, 1.807) is 4.90 Å². The van der Waals surface area contributed by atoms with Gasteiger partial charge in [-0.05, 0) is 25.1 Å². The summed E-state index contributed by atoms with van der Waals surface area (Å²) in [5.41, 5.74) is 0.240. The maximum atomic E-state index is 12.5. The highest BCUT2D eigenvalue weighted by atomic mass is 35.5. The van der Waals surface area contributed by atoms with Crippen molar-refractivity contribution in [3.05, 3.63) is 28.8 Å². The van der Waals surface area contributed by atoms with Crippen LogP contribution in [-0.2, 0) is 9.84 Å². The van der Waals surface area contributed by atoms with Gasteiger partial charge in [0.25, 0.3) is 5.91 Å². The zero-order chi connectivity index (χ0) is 14.9. The number of nitrogens with one attached hydrogen (secondary N) is 1. The van der Waals surface area contributed by atoms with Crippen LogP contribution in [0.15, 0.2) is 23.1 Å². The molecule has 1 unspecified atom stereocenters. The zero-order valence-corrected chi connectivity index (χ0v) is 13.0. The van der Waals surface area contributed by atoms with E-state index in [4.69, 9.17) is 11.6 Å². The van der Waals surface area contributed by atoms with Gasteiger partial charge in [-0.3, -0.25) is 4.79 Å². The fourth-order valence-electron chi connectivity index (χ4n) is 2.19. The van der Waals surface area contributed by atoms with Gasteiger partial charge in [0.2, 0.25) is 0 Å². The predicted octanol–water partition coefficient (Wildman–Crippen LogP) is 1.18. The highest BCUT2D eigenvalue weighted by molar-refractivity contribution is 7.90. The van der Waals surface area contributed by atoms with Crippen LogP contribution in [0.5, 0.6) is 0 Å². The summed E-state index contributed by atoms with van der Waals surface area (Å²) in [6.07, 6.45) is 1.11. The molecule has 1 heterocycles. The molecule has 0 radical (unpaired) electrons. The molecule has 20 heavy (non-hydrogen) atoms. The lowest BCUT2D eigenvalue weighted by molar-refractivity contribution is 0.0709. The molecule has 1 saturated heterocycles. The molecule has 1 aromatic carbocycles. The lowest BCUT2D eigenvalue weighted by atomic mass is 10.1. The Morgan fingerprint density at radius 2 is 2.15 bits per heavy atom. The van der Waals surface area contributed by atoms with E-state index in [2.05, 4.69) is 5.32 Å². The minimum atomic E-state index is -3.36. The molecule has 0 saturated carbocycles. The molecule has 110 valence electrons. The summed E-state index contributed by atoms with van der Waals surface area (Å²) in [6, 6.07) is 4.43. The third-order valence-corrected chi connectivity index (χ3v) is 4.69. The first-order valence-corrected chi connectivity index (χ1v) is 8.58. The van der Waals surface area contributed by atoms with E-state index in [0.717, 1.165) is 12.8 Å². The van der Waals surface area contributed by atoms with E-state index in [0.29, 0.717) is 13.1 Å². The van der Waals surface area contributed by atoms with Crippen LogP contribution in [0.4, 0.5) is 0 Å². The second-order valence-electron chi connectivity index (χ2n) is 5.02. The third kappa shape index (κ3) is 3.31. The van der Waals surface area contributed by atoms with Crippen LogP contribution < -0.4 is 5.32 Å². The van der Waals surface area contributed by atoms with Crippen molar-refractivity contribution >= 4 is 27.3 Å². The molecule has 1 atom stereocenters. The van der Waals surface area contributed by atoms with Crippen molar-refractivity contribution in [2.24, 2.45) is 0 Å². The molecular weight excluding hydrogens is 300 g/mol. The molecule has 1 amide bonds. The molecule has 1 aliphatic rings. The summed E-state index contributed by atoms with van der Waals surface area (Å²) in [7, 11) is -3.36. The van der Waals surface area contributed by atoms with Crippen molar-refractivity contribution in [3.63, 3.8) is 0 Å². The number of sulfone groups is 1. The molecule has 7 heteroatoms. The van der Waals surface area contributed by atoms with Crippen molar-refractivity contribution in [3.8, 4) is 0 Å². The number of carbonyl (C=O) groups excluding carboxylic acids is 1. The third-order valence-electron chi connectivity index (χ3n) is 3.25. The number of halogens is 1. The van der Waals surface area contributed by atoms with Crippen molar-refractivity contribution < 1.29 is 13.2 Å². The molecule has 0 aromatic heterocycles. The molecule has 1 aliphatic heterocycles. The van der Waals surface area contributed by atoms with Crippen LogP contribution >= 0.6 is 11.6 Å². The van der Waals surface area contributed by atoms with Gasteiger partial charge in [0.1, 0.15) is 0 Å². The Kier molecular flexibility index (Phi) is 4.36. The van der Waals surface area contributed by atoms with E-state index in [1.807, 2.05) is 6.92 Å². The number of piperazine rings is 1. The first kappa shape index (κ1) is 15.3. The summed E-state index contributed by atoms with van der Waals surface area (Å²) in [4.78, 5) is 14.3. The summed E-state index contributed by atoms with van der Waals surface area (Å²) < 4.78 is 23.1. The van der Waals surface area contributed by atoms with Gasteiger partial charge >= 0.3 is 0 Å². The van der Waals surface area contributed by atoms with Gasteiger partial charge in [0.05, 0.1) is 15.5 Å². The van der Waals surface area contributed by atoms with Gasteiger partial charge in [-0.2, -0.15) is 0 Å². The summed E-state index contributed by atoms with van der Waals surface area (Å²) in [6.45, 7) is 3.88. The lowest BCUT2D eigenvalue weighted by Crippen LogP contribution is -2.51. The second kappa shape index (κ2) is 5.71. The van der Waals surface area contributed by atoms with Gasteiger partial charge < -0.3 is 10.2 Å². The molecule has 1 aromatic rings. The van der Waals surface area contributed by atoms with Gasteiger partial charge in [-0.15, -0.1) is 0 Å². The summed E-state index contributed by atoms with van der Waals surface area (Å²) in [5, 5.41) is 3.52. The summed E-state index contributed by atoms with van der Waals surface area (Å²) in [5.74, 6) is -0.228. The Bertz CT molecular complexity index is 631. The second-order valence-corrected chi connectivity index (χ2v) is 7.44. The smallest absolute Gasteiger partial charge is 0.255 e. The van der Waals surface area contributed by atoms with Crippen molar-refractivity contribution in [2.45, 2.75) is 17.9 Å². The Morgan fingerprint density at radius 3 is 2.75 bits per heavy atom. The quantitative estimate of drug-likeness (QED) is 0.889. The van der Waals surface area contributed by atoms with E-state index in [9.17, 15) is 13.2 Å². The van der Waals surface area contributed by atoms with Crippen LogP contribution in [0.3, 0.4) is 0 Å². The topological polar surface area (TPSA) is 66.5 Å². The van der Waals surface area contributed by atoms with Gasteiger partial charge in [-0.1, -0.05) is 11.6 Å². The largest absolute Gasteiger partial charge is 0.336 e.